The van der Waals surface area contributed by atoms with Crippen LogP contribution in [0.25, 0.3) is 22.4 Å². The minimum Gasteiger partial charge on any atom is -0.496 e. The molecule has 0 radical (unpaired) electrons. The minimum absolute atomic E-state index is 0.0133. The van der Waals surface area contributed by atoms with Crippen LogP contribution in [0.5, 0.6) is 5.75 Å². The summed E-state index contributed by atoms with van der Waals surface area (Å²) in [6.45, 7) is 3.48. The highest BCUT2D eigenvalue weighted by molar-refractivity contribution is 5.91. The normalized spacial score (nSPS) is 11.5. The van der Waals surface area contributed by atoms with Crippen LogP contribution in [-0.2, 0) is 16.0 Å². The molecule has 2 N–H and O–H groups in total. The van der Waals surface area contributed by atoms with E-state index in [9.17, 15) is 9.59 Å². The zero-order chi connectivity index (χ0) is 25.7. The Bertz CT molecular complexity index is 1360. The lowest BCUT2D eigenvalue weighted by molar-refractivity contribution is -0.136. The quantitative estimate of drug-likeness (QED) is 0.302. The lowest BCUT2D eigenvalue weighted by Gasteiger charge is -2.17. The van der Waals surface area contributed by atoms with Crippen molar-refractivity contribution in [1.82, 2.24) is 5.16 Å². The summed E-state index contributed by atoms with van der Waals surface area (Å²) in [4.78, 5) is 23.6. The van der Waals surface area contributed by atoms with Crippen LogP contribution in [0.15, 0.2) is 77.3 Å². The zero-order valence-electron chi connectivity index (χ0n) is 20.1. The second-order valence-electron chi connectivity index (χ2n) is 8.22. The standard InChI is InChI=1S/C28H26N2O6/c1-17(23-6-4-5-7-24(23)34-3)35-28(33)29-26-18(2)36-30-27(26)22-14-12-21(13-15-22)20-10-8-19(9-11-20)16-25(31)32/h4-15,17H,16H2,1-3H3,(H,29,33)(H,31,32). The Balaban J connectivity index is 1.48. The summed E-state index contributed by atoms with van der Waals surface area (Å²) >= 11 is 0. The minimum atomic E-state index is -0.863. The molecular formula is C28H26N2O6. The van der Waals surface area contributed by atoms with Crippen LogP contribution in [0.1, 0.15) is 29.9 Å². The van der Waals surface area contributed by atoms with Crippen molar-refractivity contribution < 1.29 is 28.7 Å². The van der Waals surface area contributed by atoms with Crippen LogP contribution in [0.4, 0.5) is 10.5 Å². The number of hydrogen-bond acceptors (Lipinski definition) is 6. The zero-order valence-corrected chi connectivity index (χ0v) is 20.1. The van der Waals surface area contributed by atoms with Gasteiger partial charge in [-0.05, 0) is 36.6 Å². The number of amides is 1. The van der Waals surface area contributed by atoms with Crippen molar-refractivity contribution in [3.05, 3.63) is 89.7 Å². The predicted octanol–water partition coefficient (Wildman–Crippen LogP) is 6.26. The highest BCUT2D eigenvalue weighted by Gasteiger charge is 2.21. The maximum atomic E-state index is 12.7. The highest BCUT2D eigenvalue weighted by Crippen LogP contribution is 2.33. The average molecular weight is 487 g/mol. The van der Waals surface area contributed by atoms with Crippen LogP contribution >= 0.6 is 0 Å². The van der Waals surface area contributed by atoms with Crippen molar-refractivity contribution in [3.8, 4) is 28.1 Å². The van der Waals surface area contributed by atoms with Gasteiger partial charge in [0, 0.05) is 11.1 Å². The number of carboxylic acid groups (broad SMARTS) is 1. The monoisotopic (exact) mass is 486 g/mol. The summed E-state index contributed by atoms with van der Waals surface area (Å²) in [6, 6.07) is 22.4. The van der Waals surface area contributed by atoms with Gasteiger partial charge in [0.05, 0.1) is 13.5 Å². The summed E-state index contributed by atoms with van der Waals surface area (Å²) in [5.41, 5.74) is 5.08. The van der Waals surface area contributed by atoms with E-state index in [0.29, 0.717) is 22.9 Å². The molecule has 0 aliphatic carbocycles. The van der Waals surface area contributed by atoms with Crippen LogP contribution in [0.2, 0.25) is 0 Å². The van der Waals surface area contributed by atoms with Gasteiger partial charge in [0.25, 0.3) is 0 Å². The van der Waals surface area contributed by atoms with E-state index in [4.69, 9.17) is 19.1 Å². The molecular weight excluding hydrogens is 460 g/mol. The molecule has 1 aromatic heterocycles. The van der Waals surface area contributed by atoms with Crippen LogP contribution < -0.4 is 10.1 Å². The first-order valence-corrected chi connectivity index (χ1v) is 11.3. The maximum Gasteiger partial charge on any atom is 0.412 e. The molecule has 8 heteroatoms. The largest absolute Gasteiger partial charge is 0.496 e. The van der Waals surface area contributed by atoms with E-state index in [1.54, 1.807) is 33.1 Å². The first kappa shape index (κ1) is 24.5. The number of carbonyl (C=O) groups is 2. The molecule has 4 rings (SSSR count). The number of carbonyl (C=O) groups excluding carboxylic acids is 1. The summed E-state index contributed by atoms with van der Waals surface area (Å²) in [5, 5.41) is 15.8. The lowest BCUT2D eigenvalue weighted by atomic mass is 10.0. The molecule has 0 saturated heterocycles. The number of aliphatic carboxylic acids is 1. The Morgan fingerprint density at radius 3 is 2.22 bits per heavy atom. The number of anilines is 1. The number of hydrogen-bond donors (Lipinski definition) is 2. The number of methoxy groups -OCH3 is 1. The Hall–Kier alpha value is -4.59. The number of carboxylic acids is 1. The molecule has 0 aliphatic heterocycles. The molecule has 0 spiro atoms. The summed E-state index contributed by atoms with van der Waals surface area (Å²) < 4.78 is 16.3. The number of benzene rings is 3. The molecule has 0 fully saturated rings. The lowest BCUT2D eigenvalue weighted by Crippen LogP contribution is -2.17. The van der Waals surface area contributed by atoms with Crippen molar-refractivity contribution in [2.45, 2.75) is 26.4 Å². The molecule has 0 aliphatic rings. The molecule has 36 heavy (non-hydrogen) atoms. The van der Waals surface area contributed by atoms with Crippen LogP contribution in [0, 0.1) is 6.92 Å². The average Bonchev–Trinajstić information content (AvgIpc) is 3.23. The Morgan fingerprint density at radius 2 is 1.58 bits per heavy atom. The topological polar surface area (TPSA) is 111 Å². The predicted molar refractivity (Wildman–Crippen MR) is 135 cm³/mol. The molecule has 1 atom stereocenters. The molecule has 0 bridgehead atoms. The van der Waals surface area contributed by atoms with Gasteiger partial charge in [-0.25, -0.2) is 4.79 Å². The number of ether oxygens (including phenoxy) is 2. The van der Waals surface area contributed by atoms with Gasteiger partial charge in [0.2, 0.25) is 0 Å². The van der Waals surface area contributed by atoms with Gasteiger partial charge in [-0.2, -0.15) is 0 Å². The van der Waals surface area contributed by atoms with E-state index >= 15 is 0 Å². The third-order valence-corrected chi connectivity index (χ3v) is 5.75. The fourth-order valence-electron chi connectivity index (χ4n) is 3.88. The van der Waals surface area contributed by atoms with Crippen molar-refractivity contribution in [1.29, 1.82) is 0 Å². The maximum absolute atomic E-state index is 12.7. The molecule has 1 unspecified atom stereocenters. The van der Waals surface area contributed by atoms with Crippen molar-refractivity contribution in [2.24, 2.45) is 0 Å². The number of nitrogens with one attached hydrogen (secondary N) is 1. The van der Waals surface area contributed by atoms with E-state index in [0.717, 1.165) is 27.8 Å². The van der Waals surface area contributed by atoms with Crippen LogP contribution in [-0.4, -0.2) is 29.4 Å². The van der Waals surface area contributed by atoms with Gasteiger partial charge in [-0.1, -0.05) is 71.9 Å². The molecule has 184 valence electrons. The molecule has 1 heterocycles. The SMILES string of the molecule is COc1ccccc1C(C)OC(=O)Nc1c(-c2ccc(-c3ccc(CC(=O)O)cc3)cc2)noc1C. The molecule has 0 saturated carbocycles. The van der Waals surface area contributed by atoms with Gasteiger partial charge in [-0.15, -0.1) is 0 Å². The summed E-state index contributed by atoms with van der Waals surface area (Å²) in [7, 11) is 1.57. The van der Waals surface area contributed by atoms with Crippen molar-refractivity contribution in [2.75, 3.05) is 12.4 Å². The number of aromatic nitrogens is 1. The second-order valence-corrected chi connectivity index (χ2v) is 8.22. The van der Waals surface area contributed by atoms with Gasteiger partial charge in [0.1, 0.15) is 23.2 Å². The Labute approximate surface area is 208 Å². The fourth-order valence-corrected chi connectivity index (χ4v) is 3.88. The molecule has 4 aromatic rings. The van der Waals surface area contributed by atoms with Gasteiger partial charge >= 0.3 is 12.1 Å². The van der Waals surface area contributed by atoms with E-state index in [-0.39, 0.29) is 6.42 Å². The van der Waals surface area contributed by atoms with Gasteiger partial charge < -0.3 is 19.1 Å². The third kappa shape index (κ3) is 5.55. The van der Waals surface area contributed by atoms with Gasteiger partial charge in [-0.3, -0.25) is 10.1 Å². The molecule has 8 nitrogen and oxygen atoms in total. The first-order valence-electron chi connectivity index (χ1n) is 11.3. The third-order valence-electron chi connectivity index (χ3n) is 5.75. The number of nitrogens with zero attached hydrogens (tertiary/aromatic N) is 1. The first-order chi connectivity index (χ1) is 17.4. The van der Waals surface area contributed by atoms with E-state index in [1.165, 1.54) is 0 Å². The molecule has 1 amide bonds. The number of aryl methyl sites for hydroxylation is 1. The van der Waals surface area contributed by atoms with E-state index in [1.807, 2.05) is 60.7 Å². The number of para-hydroxylation sites is 1. The second kappa shape index (κ2) is 10.8. The van der Waals surface area contributed by atoms with Crippen LogP contribution in [0.3, 0.4) is 0 Å². The van der Waals surface area contributed by atoms with Crippen molar-refractivity contribution in [3.63, 3.8) is 0 Å². The number of rotatable bonds is 8. The van der Waals surface area contributed by atoms with Crippen molar-refractivity contribution >= 4 is 17.7 Å². The smallest absolute Gasteiger partial charge is 0.412 e. The summed E-state index contributed by atoms with van der Waals surface area (Å²) in [5.74, 6) is 0.221. The van der Waals surface area contributed by atoms with E-state index in [2.05, 4.69) is 10.5 Å². The summed E-state index contributed by atoms with van der Waals surface area (Å²) in [6.07, 6.45) is -1.19. The highest BCUT2D eigenvalue weighted by atomic mass is 16.6. The Kier molecular flexibility index (Phi) is 7.34. The van der Waals surface area contributed by atoms with E-state index < -0.39 is 18.2 Å². The fraction of sp³-hybridized carbons (Fsp3) is 0.179. The molecule has 3 aromatic carbocycles. The van der Waals surface area contributed by atoms with Gasteiger partial charge in [0.15, 0.2) is 5.76 Å². The Morgan fingerprint density at radius 1 is 0.972 bits per heavy atom.